The summed E-state index contributed by atoms with van der Waals surface area (Å²) in [5.41, 5.74) is 1.09. The highest BCUT2D eigenvalue weighted by Crippen LogP contribution is 2.30. The second-order valence-corrected chi connectivity index (χ2v) is 4.37. The molecule has 3 nitrogen and oxygen atoms in total. The molecule has 0 saturated carbocycles. The Labute approximate surface area is 87.6 Å². The highest BCUT2D eigenvalue weighted by Gasteiger charge is 2.20. The predicted octanol–water partition coefficient (Wildman–Crippen LogP) is 2.19. The maximum absolute atomic E-state index is 11.2. The van der Waals surface area contributed by atoms with Crippen LogP contribution in [0.15, 0.2) is 11.1 Å². The monoisotopic (exact) mass is 259 g/mol. The van der Waals surface area contributed by atoms with E-state index in [1.165, 1.54) is 18.4 Å². The number of aliphatic imine (C=N–C) groups is 1. The van der Waals surface area contributed by atoms with Crippen molar-refractivity contribution < 1.29 is 9.53 Å². The molecular weight excluding hydrogens is 254 g/mol. The fourth-order valence-corrected chi connectivity index (χ4v) is 2.76. The molecule has 68 valence electrons. The Balaban J connectivity index is 2.39. The molecule has 2 heterocycles. The number of carbonyl (C=O) groups is 1. The van der Waals surface area contributed by atoms with Crippen molar-refractivity contribution in [2.24, 2.45) is 4.99 Å². The van der Waals surface area contributed by atoms with Crippen molar-refractivity contribution in [3.63, 3.8) is 0 Å². The number of hydrogen-bond donors (Lipinski definition) is 0. The molecule has 1 aliphatic heterocycles. The fraction of sp³-hybridized carbons (Fsp3) is 0.250. The first-order chi connectivity index (χ1) is 6.22. The summed E-state index contributed by atoms with van der Waals surface area (Å²) in [7, 11) is 1.39. The molecule has 0 radical (unpaired) electrons. The van der Waals surface area contributed by atoms with Crippen LogP contribution in [0.3, 0.4) is 0 Å². The van der Waals surface area contributed by atoms with Gasteiger partial charge in [-0.3, -0.25) is 4.99 Å². The molecule has 13 heavy (non-hydrogen) atoms. The van der Waals surface area contributed by atoms with Gasteiger partial charge in [0.25, 0.3) is 0 Å². The van der Waals surface area contributed by atoms with Crippen molar-refractivity contribution in [2.75, 3.05) is 7.11 Å². The van der Waals surface area contributed by atoms with Crippen LogP contribution in [0.5, 0.6) is 0 Å². The molecule has 5 heteroatoms. The lowest BCUT2D eigenvalue weighted by Gasteiger charge is -1.92. The first kappa shape index (κ1) is 8.90. The highest BCUT2D eigenvalue weighted by atomic mass is 79.9. The summed E-state index contributed by atoms with van der Waals surface area (Å²) in [6.45, 7) is 0.656. The summed E-state index contributed by atoms with van der Waals surface area (Å²) < 4.78 is 5.46. The van der Waals surface area contributed by atoms with Crippen LogP contribution in [0, 0.1) is 0 Å². The molecule has 0 amide bonds. The lowest BCUT2D eigenvalue weighted by Crippen LogP contribution is -1.97. The van der Waals surface area contributed by atoms with Crippen LogP contribution in [0.25, 0.3) is 0 Å². The van der Waals surface area contributed by atoms with Crippen molar-refractivity contribution >= 4 is 37.9 Å². The van der Waals surface area contributed by atoms with E-state index in [2.05, 4.69) is 25.7 Å². The van der Waals surface area contributed by atoms with E-state index in [0.717, 1.165) is 15.1 Å². The van der Waals surface area contributed by atoms with Gasteiger partial charge in [-0.15, -0.1) is 11.3 Å². The van der Waals surface area contributed by atoms with Gasteiger partial charge in [-0.1, -0.05) is 0 Å². The molecule has 0 aromatic carbocycles. The maximum atomic E-state index is 11.2. The lowest BCUT2D eigenvalue weighted by atomic mass is 10.3. The number of hydrogen-bond acceptors (Lipinski definition) is 4. The summed E-state index contributed by atoms with van der Waals surface area (Å²) in [6.07, 6.45) is 0. The van der Waals surface area contributed by atoms with Crippen molar-refractivity contribution in [3.05, 3.63) is 21.4 Å². The van der Waals surface area contributed by atoms with Crippen LogP contribution in [0.4, 0.5) is 0 Å². The predicted molar refractivity (Wildman–Crippen MR) is 54.8 cm³/mol. The quantitative estimate of drug-likeness (QED) is 0.726. The molecule has 0 atom stereocenters. The number of esters is 1. The SMILES string of the molecule is COC(=O)c1cc2c(s1)C(Br)=NC2. The Morgan fingerprint density at radius 2 is 2.54 bits per heavy atom. The van der Waals surface area contributed by atoms with Crippen molar-refractivity contribution in [3.8, 4) is 0 Å². The van der Waals surface area contributed by atoms with Crippen LogP contribution in [-0.4, -0.2) is 17.7 Å². The van der Waals surface area contributed by atoms with Gasteiger partial charge in [0.2, 0.25) is 0 Å². The van der Waals surface area contributed by atoms with Crippen molar-refractivity contribution in [1.82, 2.24) is 0 Å². The smallest absolute Gasteiger partial charge is 0.348 e. The third-order valence-corrected chi connectivity index (χ3v) is 3.84. The van der Waals surface area contributed by atoms with Crippen LogP contribution in [-0.2, 0) is 11.3 Å². The topological polar surface area (TPSA) is 38.7 Å². The Bertz CT molecular complexity index is 397. The van der Waals surface area contributed by atoms with E-state index in [1.807, 2.05) is 6.07 Å². The minimum Gasteiger partial charge on any atom is -0.465 e. The average molecular weight is 260 g/mol. The van der Waals surface area contributed by atoms with E-state index in [9.17, 15) is 4.79 Å². The Kier molecular flexibility index (Phi) is 2.21. The van der Waals surface area contributed by atoms with Gasteiger partial charge >= 0.3 is 5.97 Å². The molecule has 0 spiro atoms. The second kappa shape index (κ2) is 3.23. The van der Waals surface area contributed by atoms with Crippen LogP contribution >= 0.6 is 27.3 Å². The van der Waals surface area contributed by atoms with E-state index >= 15 is 0 Å². The van der Waals surface area contributed by atoms with Gasteiger partial charge in [-0.05, 0) is 27.6 Å². The lowest BCUT2D eigenvalue weighted by molar-refractivity contribution is 0.0606. The molecule has 0 saturated heterocycles. The summed E-state index contributed by atoms with van der Waals surface area (Å²) in [5.74, 6) is -0.278. The van der Waals surface area contributed by atoms with Gasteiger partial charge in [-0.25, -0.2) is 4.79 Å². The Hall–Kier alpha value is -0.680. The molecule has 2 rings (SSSR count). The summed E-state index contributed by atoms with van der Waals surface area (Å²) in [5, 5.41) is 0. The molecule has 0 aliphatic carbocycles. The standard InChI is InChI=1S/C8H6BrNO2S/c1-12-8(11)5-2-4-3-10-7(9)6(4)13-5/h2H,3H2,1H3. The first-order valence-electron chi connectivity index (χ1n) is 3.63. The minimum absolute atomic E-state index is 0.278. The zero-order valence-electron chi connectivity index (χ0n) is 6.83. The molecule has 1 aromatic heterocycles. The molecule has 1 aliphatic rings. The summed E-state index contributed by atoms with van der Waals surface area (Å²) >= 11 is 4.74. The van der Waals surface area contributed by atoms with E-state index in [0.29, 0.717) is 11.4 Å². The second-order valence-electron chi connectivity index (χ2n) is 2.56. The Morgan fingerprint density at radius 3 is 3.15 bits per heavy atom. The van der Waals surface area contributed by atoms with Gasteiger partial charge in [0.05, 0.1) is 18.5 Å². The third kappa shape index (κ3) is 1.42. The van der Waals surface area contributed by atoms with Crippen molar-refractivity contribution in [1.29, 1.82) is 0 Å². The van der Waals surface area contributed by atoms with Gasteiger partial charge in [0, 0.05) is 0 Å². The summed E-state index contributed by atoms with van der Waals surface area (Å²) in [4.78, 5) is 17.0. The number of fused-ring (bicyclic) bond motifs is 1. The van der Waals surface area contributed by atoms with E-state index < -0.39 is 0 Å². The normalized spacial score (nSPS) is 13.8. The molecule has 0 fully saturated rings. The van der Waals surface area contributed by atoms with Gasteiger partial charge < -0.3 is 4.74 Å². The minimum atomic E-state index is -0.278. The number of thiophene rings is 1. The molecule has 1 aromatic rings. The van der Waals surface area contributed by atoms with Gasteiger partial charge in [-0.2, -0.15) is 0 Å². The zero-order chi connectivity index (χ0) is 9.42. The van der Waals surface area contributed by atoms with Crippen LogP contribution in [0.1, 0.15) is 20.1 Å². The number of halogens is 1. The fourth-order valence-electron chi connectivity index (χ4n) is 1.15. The van der Waals surface area contributed by atoms with E-state index in [-0.39, 0.29) is 5.97 Å². The number of ether oxygens (including phenoxy) is 1. The third-order valence-electron chi connectivity index (χ3n) is 1.77. The van der Waals surface area contributed by atoms with E-state index in [4.69, 9.17) is 0 Å². The highest BCUT2D eigenvalue weighted by molar-refractivity contribution is 9.18. The summed E-state index contributed by atoms with van der Waals surface area (Å²) in [6, 6.07) is 1.84. The molecule has 0 N–H and O–H groups in total. The van der Waals surface area contributed by atoms with E-state index in [1.54, 1.807) is 0 Å². The number of nitrogens with zero attached hydrogens (tertiary/aromatic N) is 1. The average Bonchev–Trinajstić information content (AvgIpc) is 2.67. The van der Waals surface area contributed by atoms with Gasteiger partial charge in [0.1, 0.15) is 9.50 Å². The van der Waals surface area contributed by atoms with Gasteiger partial charge in [0.15, 0.2) is 0 Å². The number of methoxy groups -OCH3 is 1. The molecular formula is C8H6BrNO2S. The zero-order valence-corrected chi connectivity index (χ0v) is 9.24. The number of rotatable bonds is 1. The largest absolute Gasteiger partial charge is 0.465 e. The van der Waals surface area contributed by atoms with Crippen LogP contribution < -0.4 is 0 Å². The maximum Gasteiger partial charge on any atom is 0.348 e. The molecule has 0 bridgehead atoms. The van der Waals surface area contributed by atoms with Crippen molar-refractivity contribution in [2.45, 2.75) is 6.54 Å². The van der Waals surface area contributed by atoms with Crippen LogP contribution in [0.2, 0.25) is 0 Å². The Morgan fingerprint density at radius 1 is 1.77 bits per heavy atom. The molecule has 0 unspecified atom stereocenters. The number of carbonyl (C=O) groups excluding carboxylic acids is 1. The first-order valence-corrected chi connectivity index (χ1v) is 5.24.